The highest BCUT2D eigenvalue weighted by atomic mass is 19.4. The van der Waals surface area contributed by atoms with Crippen molar-refractivity contribution in [3.63, 3.8) is 0 Å². The fourth-order valence-corrected chi connectivity index (χ4v) is 2.55. The normalized spacial score (nSPS) is 26.1. The molecule has 0 aromatic carbocycles. The SMILES string of the molecule is CCn1cnnc1C1CCCC(C(F)(F)F)C1. The monoisotopic (exact) mass is 247 g/mol. The van der Waals surface area contributed by atoms with Gasteiger partial charge in [-0.2, -0.15) is 13.2 Å². The van der Waals surface area contributed by atoms with Crippen LogP contribution in [0.2, 0.25) is 0 Å². The predicted molar refractivity (Wildman–Crippen MR) is 56.5 cm³/mol. The molecule has 17 heavy (non-hydrogen) atoms. The van der Waals surface area contributed by atoms with Crippen molar-refractivity contribution in [3.05, 3.63) is 12.2 Å². The molecule has 0 spiro atoms. The molecule has 0 aliphatic heterocycles. The van der Waals surface area contributed by atoms with Gasteiger partial charge in [0.1, 0.15) is 12.2 Å². The minimum Gasteiger partial charge on any atom is -0.318 e. The van der Waals surface area contributed by atoms with Crippen molar-refractivity contribution < 1.29 is 13.2 Å². The number of aryl methyl sites for hydroxylation is 1. The Morgan fingerprint density at radius 1 is 1.41 bits per heavy atom. The summed E-state index contributed by atoms with van der Waals surface area (Å²) in [4.78, 5) is 0. The topological polar surface area (TPSA) is 30.7 Å². The van der Waals surface area contributed by atoms with Crippen molar-refractivity contribution in [1.29, 1.82) is 0 Å². The number of alkyl halides is 3. The summed E-state index contributed by atoms with van der Waals surface area (Å²) in [5.74, 6) is -0.567. The van der Waals surface area contributed by atoms with Crippen LogP contribution in [0, 0.1) is 5.92 Å². The fourth-order valence-electron chi connectivity index (χ4n) is 2.55. The van der Waals surface area contributed by atoms with Gasteiger partial charge in [0.15, 0.2) is 0 Å². The summed E-state index contributed by atoms with van der Waals surface area (Å²) < 4.78 is 39.9. The van der Waals surface area contributed by atoms with E-state index in [2.05, 4.69) is 10.2 Å². The lowest BCUT2D eigenvalue weighted by Crippen LogP contribution is -2.29. The van der Waals surface area contributed by atoms with Gasteiger partial charge in [0, 0.05) is 12.5 Å². The maximum absolute atomic E-state index is 12.7. The Kier molecular flexibility index (Phi) is 3.40. The second kappa shape index (κ2) is 4.66. The molecule has 2 unspecified atom stereocenters. The van der Waals surface area contributed by atoms with Crippen LogP contribution >= 0.6 is 0 Å². The summed E-state index contributed by atoms with van der Waals surface area (Å²) in [6.07, 6.45) is -0.679. The molecule has 0 N–H and O–H groups in total. The molecule has 2 rings (SSSR count). The van der Waals surface area contributed by atoms with Gasteiger partial charge in [-0.15, -0.1) is 10.2 Å². The zero-order valence-electron chi connectivity index (χ0n) is 9.74. The van der Waals surface area contributed by atoms with Crippen molar-refractivity contribution in [2.75, 3.05) is 0 Å². The lowest BCUT2D eigenvalue weighted by molar-refractivity contribution is -0.183. The summed E-state index contributed by atoms with van der Waals surface area (Å²) >= 11 is 0. The standard InChI is InChI=1S/C11H16F3N3/c1-2-17-7-15-16-10(17)8-4-3-5-9(6-8)11(12,13)14/h7-9H,2-6H2,1H3. The van der Waals surface area contributed by atoms with Gasteiger partial charge in [0.25, 0.3) is 0 Å². The van der Waals surface area contributed by atoms with E-state index in [4.69, 9.17) is 0 Å². The lowest BCUT2D eigenvalue weighted by atomic mass is 9.80. The van der Waals surface area contributed by atoms with E-state index in [0.29, 0.717) is 18.8 Å². The molecular formula is C11H16F3N3. The molecule has 0 radical (unpaired) electrons. The van der Waals surface area contributed by atoms with Gasteiger partial charge in [0.2, 0.25) is 0 Å². The van der Waals surface area contributed by atoms with Gasteiger partial charge < -0.3 is 4.57 Å². The zero-order chi connectivity index (χ0) is 12.5. The molecule has 1 aliphatic carbocycles. The van der Waals surface area contributed by atoms with E-state index in [1.165, 1.54) is 0 Å². The van der Waals surface area contributed by atoms with Gasteiger partial charge in [-0.1, -0.05) is 6.42 Å². The summed E-state index contributed by atoms with van der Waals surface area (Å²) in [7, 11) is 0. The van der Waals surface area contributed by atoms with Crippen LogP contribution in [0.3, 0.4) is 0 Å². The Morgan fingerprint density at radius 2 is 2.18 bits per heavy atom. The second-order valence-electron chi connectivity index (χ2n) is 4.58. The van der Waals surface area contributed by atoms with E-state index in [9.17, 15) is 13.2 Å². The van der Waals surface area contributed by atoms with Gasteiger partial charge in [0.05, 0.1) is 5.92 Å². The predicted octanol–water partition coefficient (Wildman–Crippen LogP) is 3.13. The minimum atomic E-state index is -4.07. The number of nitrogens with zero attached hydrogens (tertiary/aromatic N) is 3. The molecule has 6 heteroatoms. The molecule has 0 bridgehead atoms. The second-order valence-corrected chi connectivity index (χ2v) is 4.58. The third-order valence-electron chi connectivity index (χ3n) is 3.49. The third kappa shape index (κ3) is 2.61. The molecule has 1 aliphatic rings. The van der Waals surface area contributed by atoms with Crippen molar-refractivity contribution in [2.45, 2.75) is 51.2 Å². The Bertz CT molecular complexity index is 372. The molecule has 1 saturated carbocycles. The first-order valence-electron chi connectivity index (χ1n) is 5.96. The number of halogens is 3. The fraction of sp³-hybridized carbons (Fsp3) is 0.818. The van der Waals surface area contributed by atoms with Crippen LogP contribution in [0.5, 0.6) is 0 Å². The van der Waals surface area contributed by atoms with Gasteiger partial charge in [-0.25, -0.2) is 0 Å². The van der Waals surface area contributed by atoms with E-state index in [1.807, 2.05) is 11.5 Å². The van der Waals surface area contributed by atoms with Crippen molar-refractivity contribution in [2.24, 2.45) is 5.92 Å². The van der Waals surface area contributed by atoms with E-state index in [1.54, 1.807) is 6.33 Å². The van der Waals surface area contributed by atoms with Crippen molar-refractivity contribution in [3.8, 4) is 0 Å². The van der Waals surface area contributed by atoms with Crippen LogP contribution in [0.15, 0.2) is 6.33 Å². The maximum Gasteiger partial charge on any atom is 0.391 e. The van der Waals surface area contributed by atoms with E-state index >= 15 is 0 Å². The number of aromatic nitrogens is 3. The lowest BCUT2D eigenvalue weighted by Gasteiger charge is -2.30. The number of hydrogen-bond acceptors (Lipinski definition) is 2. The quantitative estimate of drug-likeness (QED) is 0.803. The average molecular weight is 247 g/mol. The summed E-state index contributed by atoms with van der Waals surface area (Å²) in [5.41, 5.74) is 0. The zero-order valence-corrected chi connectivity index (χ0v) is 9.74. The molecule has 3 nitrogen and oxygen atoms in total. The molecular weight excluding hydrogens is 231 g/mol. The molecule has 1 fully saturated rings. The largest absolute Gasteiger partial charge is 0.391 e. The van der Waals surface area contributed by atoms with E-state index in [-0.39, 0.29) is 18.8 Å². The highest BCUT2D eigenvalue weighted by Gasteiger charge is 2.43. The van der Waals surface area contributed by atoms with Crippen LogP contribution < -0.4 is 0 Å². The molecule has 96 valence electrons. The minimum absolute atomic E-state index is 0.0992. The highest BCUT2D eigenvalue weighted by molar-refractivity contribution is 4.99. The molecule has 1 heterocycles. The average Bonchev–Trinajstić information content (AvgIpc) is 2.76. The molecule has 1 aromatic rings. The van der Waals surface area contributed by atoms with Crippen LogP contribution in [0.25, 0.3) is 0 Å². The Morgan fingerprint density at radius 3 is 2.82 bits per heavy atom. The molecule has 0 saturated heterocycles. The van der Waals surface area contributed by atoms with E-state index < -0.39 is 12.1 Å². The Balaban J connectivity index is 2.12. The van der Waals surface area contributed by atoms with Gasteiger partial charge >= 0.3 is 6.18 Å². The summed E-state index contributed by atoms with van der Waals surface area (Å²) in [6.45, 7) is 2.65. The first-order chi connectivity index (χ1) is 8.02. The number of hydrogen-bond donors (Lipinski definition) is 0. The summed E-state index contributed by atoms with van der Waals surface area (Å²) in [5, 5.41) is 7.76. The Hall–Kier alpha value is -1.07. The molecule has 0 amide bonds. The van der Waals surface area contributed by atoms with Crippen LogP contribution in [-0.2, 0) is 6.54 Å². The van der Waals surface area contributed by atoms with Crippen LogP contribution in [0.4, 0.5) is 13.2 Å². The summed E-state index contributed by atoms with van der Waals surface area (Å²) in [6, 6.07) is 0. The van der Waals surface area contributed by atoms with Crippen molar-refractivity contribution in [1.82, 2.24) is 14.8 Å². The van der Waals surface area contributed by atoms with Crippen molar-refractivity contribution >= 4 is 0 Å². The molecule has 2 atom stereocenters. The highest BCUT2D eigenvalue weighted by Crippen LogP contribution is 2.43. The number of rotatable bonds is 2. The van der Waals surface area contributed by atoms with Gasteiger partial charge in [-0.05, 0) is 26.2 Å². The van der Waals surface area contributed by atoms with Crippen LogP contribution in [-0.4, -0.2) is 20.9 Å². The Labute approximate surface area is 98.0 Å². The van der Waals surface area contributed by atoms with Crippen LogP contribution in [0.1, 0.15) is 44.3 Å². The third-order valence-corrected chi connectivity index (χ3v) is 3.49. The van der Waals surface area contributed by atoms with Gasteiger partial charge in [-0.3, -0.25) is 0 Å². The smallest absolute Gasteiger partial charge is 0.318 e. The first-order valence-corrected chi connectivity index (χ1v) is 5.96. The first kappa shape index (κ1) is 12.4. The molecule has 1 aromatic heterocycles. The maximum atomic E-state index is 12.7. The van der Waals surface area contributed by atoms with E-state index in [0.717, 1.165) is 6.42 Å².